The van der Waals surface area contributed by atoms with E-state index in [2.05, 4.69) is 12.2 Å². The van der Waals surface area contributed by atoms with Crippen LogP contribution in [-0.2, 0) is 4.79 Å². The van der Waals surface area contributed by atoms with Crippen LogP contribution < -0.4 is 11.1 Å². The van der Waals surface area contributed by atoms with Crippen molar-refractivity contribution in [3.63, 3.8) is 0 Å². The molecule has 0 aromatic heterocycles. The molecule has 0 fully saturated rings. The summed E-state index contributed by atoms with van der Waals surface area (Å²) in [6.45, 7) is 5.82. The molecule has 0 aliphatic heterocycles. The summed E-state index contributed by atoms with van der Waals surface area (Å²) in [5.41, 5.74) is 5.53. The highest BCUT2D eigenvalue weighted by Crippen LogP contribution is 2.14. The Hall–Kier alpha value is -0.610. The number of hydrogen-bond acceptors (Lipinski definition) is 3. The lowest BCUT2D eigenvalue weighted by Gasteiger charge is -2.13. The summed E-state index contributed by atoms with van der Waals surface area (Å²) < 4.78 is 0. The van der Waals surface area contributed by atoms with Gasteiger partial charge in [0.15, 0.2) is 0 Å². The van der Waals surface area contributed by atoms with Gasteiger partial charge in [-0.3, -0.25) is 4.79 Å². The molecule has 0 heterocycles. The molecule has 0 aliphatic rings. The summed E-state index contributed by atoms with van der Waals surface area (Å²) in [4.78, 5) is 11.6. The first-order chi connectivity index (χ1) is 8.63. The second-order valence-corrected chi connectivity index (χ2v) is 5.17. The minimum atomic E-state index is 0.141. The molecule has 0 aromatic rings. The van der Waals surface area contributed by atoms with E-state index in [1.54, 1.807) is 0 Å². The molecule has 0 rings (SSSR count). The van der Waals surface area contributed by atoms with Crippen molar-refractivity contribution in [2.75, 3.05) is 19.7 Å². The minimum Gasteiger partial charge on any atom is -0.396 e. The van der Waals surface area contributed by atoms with Crippen LogP contribution in [0.25, 0.3) is 0 Å². The van der Waals surface area contributed by atoms with Crippen LogP contribution in [0.3, 0.4) is 0 Å². The summed E-state index contributed by atoms with van der Waals surface area (Å²) in [5.74, 6) is 1.05. The number of amides is 1. The lowest BCUT2D eigenvalue weighted by atomic mass is 9.96. The lowest BCUT2D eigenvalue weighted by molar-refractivity contribution is -0.121. The molecule has 1 amide bonds. The predicted molar refractivity (Wildman–Crippen MR) is 75.2 cm³/mol. The van der Waals surface area contributed by atoms with Crippen LogP contribution in [0.15, 0.2) is 0 Å². The Balaban J connectivity index is 3.53. The number of carbonyl (C=O) groups excluding carboxylic acids is 1. The first kappa shape index (κ1) is 17.4. The maximum absolute atomic E-state index is 11.6. The fraction of sp³-hybridized carbons (Fsp3) is 0.929. The van der Waals surface area contributed by atoms with E-state index in [-0.39, 0.29) is 12.5 Å². The van der Waals surface area contributed by atoms with Gasteiger partial charge in [0.1, 0.15) is 0 Å². The molecule has 0 saturated carbocycles. The Labute approximate surface area is 111 Å². The molecular formula is C14H30N2O2. The van der Waals surface area contributed by atoms with Crippen LogP contribution in [0.1, 0.15) is 52.4 Å². The van der Waals surface area contributed by atoms with Crippen LogP contribution in [0.5, 0.6) is 0 Å². The Morgan fingerprint density at radius 2 is 2.06 bits per heavy atom. The summed E-state index contributed by atoms with van der Waals surface area (Å²) >= 11 is 0. The average Bonchev–Trinajstić information content (AvgIpc) is 2.39. The molecule has 0 saturated heterocycles. The molecular weight excluding hydrogens is 228 g/mol. The normalized spacial score (nSPS) is 14.2. The van der Waals surface area contributed by atoms with Gasteiger partial charge in [0.05, 0.1) is 0 Å². The van der Waals surface area contributed by atoms with Gasteiger partial charge in [0, 0.05) is 19.6 Å². The number of rotatable bonds is 11. The van der Waals surface area contributed by atoms with Crippen molar-refractivity contribution in [1.82, 2.24) is 5.32 Å². The van der Waals surface area contributed by atoms with Gasteiger partial charge in [0.2, 0.25) is 5.91 Å². The zero-order valence-electron chi connectivity index (χ0n) is 12.0. The highest BCUT2D eigenvalue weighted by atomic mass is 16.3. The van der Waals surface area contributed by atoms with E-state index in [0.29, 0.717) is 24.8 Å². The maximum Gasteiger partial charge on any atom is 0.220 e. The van der Waals surface area contributed by atoms with Crippen molar-refractivity contribution < 1.29 is 9.90 Å². The quantitative estimate of drug-likeness (QED) is 0.493. The van der Waals surface area contributed by atoms with Gasteiger partial charge in [-0.25, -0.2) is 0 Å². The monoisotopic (exact) mass is 258 g/mol. The van der Waals surface area contributed by atoms with Crippen LogP contribution >= 0.6 is 0 Å². The Kier molecular flexibility index (Phi) is 11.1. The van der Waals surface area contributed by atoms with Gasteiger partial charge in [-0.1, -0.05) is 20.3 Å². The third-order valence-electron chi connectivity index (χ3n) is 3.44. The second kappa shape index (κ2) is 11.5. The first-order valence-electron chi connectivity index (χ1n) is 7.21. The van der Waals surface area contributed by atoms with Crippen molar-refractivity contribution >= 4 is 5.91 Å². The number of nitrogens with two attached hydrogens (primary N) is 1. The summed E-state index contributed by atoms with van der Waals surface area (Å²) in [7, 11) is 0. The van der Waals surface area contributed by atoms with Gasteiger partial charge in [0.25, 0.3) is 0 Å². The van der Waals surface area contributed by atoms with E-state index < -0.39 is 0 Å². The topological polar surface area (TPSA) is 75.4 Å². The Morgan fingerprint density at radius 1 is 1.33 bits per heavy atom. The molecule has 2 atom stereocenters. The highest BCUT2D eigenvalue weighted by molar-refractivity contribution is 5.75. The molecule has 18 heavy (non-hydrogen) atoms. The van der Waals surface area contributed by atoms with Gasteiger partial charge < -0.3 is 16.2 Å². The number of hydrogen-bond donors (Lipinski definition) is 3. The number of aliphatic hydroxyl groups excluding tert-OH is 1. The van der Waals surface area contributed by atoms with E-state index in [4.69, 9.17) is 10.8 Å². The predicted octanol–water partition coefficient (Wildman–Crippen LogP) is 1.67. The van der Waals surface area contributed by atoms with E-state index >= 15 is 0 Å². The van der Waals surface area contributed by atoms with Gasteiger partial charge in [-0.15, -0.1) is 0 Å². The van der Waals surface area contributed by atoms with Crippen molar-refractivity contribution in [2.24, 2.45) is 17.6 Å². The number of nitrogens with one attached hydrogen (secondary N) is 1. The van der Waals surface area contributed by atoms with E-state index in [1.165, 1.54) is 0 Å². The van der Waals surface area contributed by atoms with Crippen molar-refractivity contribution in [1.29, 1.82) is 0 Å². The fourth-order valence-corrected chi connectivity index (χ4v) is 1.98. The zero-order valence-corrected chi connectivity index (χ0v) is 12.0. The van der Waals surface area contributed by atoms with Crippen molar-refractivity contribution in [2.45, 2.75) is 52.4 Å². The van der Waals surface area contributed by atoms with Crippen LogP contribution in [-0.4, -0.2) is 30.7 Å². The summed E-state index contributed by atoms with van der Waals surface area (Å²) in [5, 5.41) is 11.8. The van der Waals surface area contributed by atoms with Crippen molar-refractivity contribution in [3.8, 4) is 0 Å². The minimum absolute atomic E-state index is 0.141. The van der Waals surface area contributed by atoms with Crippen LogP contribution in [0, 0.1) is 11.8 Å². The molecule has 4 nitrogen and oxygen atoms in total. The van der Waals surface area contributed by atoms with Crippen LogP contribution in [0.4, 0.5) is 0 Å². The molecule has 0 spiro atoms. The molecule has 0 bridgehead atoms. The summed E-state index contributed by atoms with van der Waals surface area (Å²) in [6, 6.07) is 0. The third kappa shape index (κ3) is 9.42. The number of carbonyl (C=O) groups is 1. The molecule has 4 N–H and O–H groups in total. The fourth-order valence-electron chi connectivity index (χ4n) is 1.98. The van der Waals surface area contributed by atoms with Crippen molar-refractivity contribution in [3.05, 3.63) is 0 Å². The van der Waals surface area contributed by atoms with Gasteiger partial charge >= 0.3 is 0 Å². The Bertz CT molecular complexity index is 210. The smallest absolute Gasteiger partial charge is 0.220 e. The Morgan fingerprint density at radius 3 is 2.61 bits per heavy atom. The van der Waals surface area contributed by atoms with E-state index in [0.717, 1.165) is 38.6 Å². The van der Waals surface area contributed by atoms with E-state index in [9.17, 15) is 4.79 Å². The molecule has 0 aromatic carbocycles. The molecule has 0 radical (unpaired) electrons. The standard InChI is InChI=1S/C14H30N2O2/c1-3-13(8-9-15)6-7-14(18)16-10-4-5-12(2)11-17/h12-13,17H,3-11,15H2,1-2H3,(H,16,18). The van der Waals surface area contributed by atoms with Crippen LogP contribution in [0.2, 0.25) is 0 Å². The average molecular weight is 258 g/mol. The second-order valence-electron chi connectivity index (χ2n) is 5.17. The van der Waals surface area contributed by atoms with Gasteiger partial charge in [-0.2, -0.15) is 0 Å². The first-order valence-corrected chi connectivity index (χ1v) is 7.21. The molecule has 108 valence electrons. The van der Waals surface area contributed by atoms with E-state index in [1.807, 2.05) is 6.92 Å². The van der Waals surface area contributed by atoms with Gasteiger partial charge in [-0.05, 0) is 44.1 Å². The maximum atomic E-state index is 11.6. The summed E-state index contributed by atoms with van der Waals surface area (Å²) in [6.07, 6.45) is 5.55. The zero-order chi connectivity index (χ0) is 13.8. The largest absolute Gasteiger partial charge is 0.396 e. The molecule has 0 aliphatic carbocycles. The molecule has 2 unspecified atom stereocenters. The molecule has 4 heteroatoms. The highest BCUT2D eigenvalue weighted by Gasteiger charge is 2.08. The third-order valence-corrected chi connectivity index (χ3v) is 3.44. The SMILES string of the molecule is CCC(CCN)CCC(=O)NCCCC(C)CO. The number of aliphatic hydroxyl groups is 1. The lowest BCUT2D eigenvalue weighted by Crippen LogP contribution is -2.25.